The van der Waals surface area contributed by atoms with Gasteiger partial charge in [-0.1, -0.05) is 24.3 Å². The van der Waals surface area contributed by atoms with Gasteiger partial charge in [0.2, 0.25) is 0 Å². The first-order chi connectivity index (χ1) is 18.3. The molecule has 2 heterocycles. The minimum absolute atomic E-state index is 0.0627. The third kappa shape index (κ3) is 5.49. The number of furan rings is 1. The molecule has 0 saturated carbocycles. The van der Waals surface area contributed by atoms with Crippen LogP contribution in [0.25, 0.3) is 6.08 Å². The van der Waals surface area contributed by atoms with Crippen molar-refractivity contribution >= 4 is 41.1 Å². The predicted octanol–water partition coefficient (Wildman–Crippen LogP) is 3.42. The lowest BCUT2D eigenvalue weighted by molar-refractivity contribution is -0.136. The van der Waals surface area contributed by atoms with Gasteiger partial charge in [0.25, 0.3) is 5.91 Å². The van der Waals surface area contributed by atoms with Gasteiger partial charge < -0.3 is 24.5 Å². The molecule has 1 aromatic heterocycles. The van der Waals surface area contributed by atoms with Gasteiger partial charge in [0.15, 0.2) is 0 Å². The van der Waals surface area contributed by atoms with Crippen LogP contribution in [0.5, 0.6) is 5.75 Å². The SMILES string of the molecule is COC(=O)C1=C(C)N(c2cccc(OC)c2)C(=O)/C1=C/c1ccc(CNC(=O)C(=O)Nc2ccccc2)o1. The summed E-state index contributed by atoms with van der Waals surface area (Å²) in [5.74, 6) is -1.60. The second kappa shape index (κ2) is 11.3. The highest BCUT2D eigenvalue weighted by Gasteiger charge is 2.38. The Balaban J connectivity index is 1.51. The molecular formula is C28H25N3O7. The average molecular weight is 516 g/mol. The summed E-state index contributed by atoms with van der Waals surface area (Å²) in [4.78, 5) is 51.7. The number of nitrogens with zero attached hydrogens (tertiary/aromatic N) is 1. The van der Waals surface area contributed by atoms with Crippen LogP contribution in [0.2, 0.25) is 0 Å². The molecule has 0 spiro atoms. The van der Waals surface area contributed by atoms with Crippen molar-refractivity contribution in [2.24, 2.45) is 0 Å². The molecule has 0 aliphatic carbocycles. The van der Waals surface area contributed by atoms with Crippen LogP contribution in [0.4, 0.5) is 11.4 Å². The summed E-state index contributed by atoms with van der Waals surface area (Å²) in [5.41, 5.74) is 1.60. The first kappa shape index (κ1) is 26.0. The molecule has 10 nitrogen and oxygen atoms in total. The molecule has 194 valence electrons. The van der Waals surface area contributed by atoms with Crippen LogP contribution in [0.1, 0.15) is 18.4 Å². The van der Waals surface area contributed by atoms with Crippen LogP contribution >= 0.6 is 0 Å². The van der Waals surface area contributed by atoms with Crippen LogP contribution in [0.3, 0.4) is 0 Å². The van der Waals surface area contributed by atoms with Gasteiger partial charge >= 0.3 is 17.8 Å². The fourth-order valence-corrected chi connectivity index (χ4v) is 3.91. The highest BCUT2D eigenvalue weighted by atomic mass is 16.5. The van der Waals surface area contributed by atoms with Crippen molar-refractivity contribution in [3.05, 3.63) is 95.1 Å². The van der Waals surface area contributed by atoms with E-state index in [0.29, 0.717) is 28.6 Å². The highest BCUT2D eigenvalue weighted by Crippen LogP contribution is 2.36. The molecule has 3 amide bonds. The molecule has 1 aliphatic heterocycles. The van der Waals surface area contributed by atoms with Crippen molar-refractivity contribution in [2.75, 3.05) is 24.4 Å². The number of benzene rings is 2. The minimum atomic E-state index is -0.836. The Labute approximate surface area is 218 Å². The molecular weight excluding hydrogens is 490 g/mol. The molecule has 2 aromatic carbocycles. The Morgan fingerprint density at radius 2 is 1.74 bits per heavy atom. The number of methoxy groups -OCH3 is 2. The number of nitrogens with one attached hydrogen (secondary N) is 2. The molecule has 4 rings (SSSR count). The Hall–Kier alpha value is -5.12. The number of esters is 1. The lowest BCUT2D eigenvalue weighted by Crippen LogP contribution is -2.34. The summed E-state index contributed by atoms with van der Waals surface area (Å²) < 4.78 is 15.9. The zero-order valence-corrected chi connectivity index (χ0v) is 20.9. The van der Waals surface area contributed by atoms with Crippen molar-refractivity contribution in [2.45, 2.75) is 13.5 Å². The quantitative estimate of drug-likeness (QED) is 0.280. The molecule has 0 atom stereocenters. The number of rotatable bonds is 7. The molecule has 0 bridgehead atoms. The number of amides is 3. The van der Waals surface area contributed by atoms with E-state index in [1.54, 1.807) is 73.7 Å². The Morgan fingerprint density at radius 1 is 0.974 bits per heavy atom. The van der Waals surface area contributed by atoms with E-state index in [4.69, 9.17) is 13.9 Å². The first-order valence-electron chi connectivity index (χ1n) is 11.5. The number of hydrogen-bond donors (Lipinski definition) is 2. The highest BCUT2D eigenvalue weighted by molar-refractivity contribution is 6.39. The molecule has 0 radical (unpaired) electrons. The summed E-state index contributed by atoms with van der Waals surface area (Å²) in [6.07, 6.45) is 1.44. The third-order valence-corrected chi connectivity index (χ3v) is 5.73. The van der Waals surface area contributed by atoms with Gasteiger partial charge in [0, 0.05) is 17.5 Å². The summed E-state index contributed by atoms with van der Waals surface area (Å²) in [6, 6.07) is 18.7. The van der Waals surface area contributed by atoms with Crippen molar-refractivity contribution < 1.29 is 33.1 Å². The van der Waals surface area contributed by atoms with E-state index in [0.717, 1.165) is 0 Å². The zero-order valence-electron chi connectivity index (χ0n) is 20.9. The summed E-state index contributed by atoms with van der Waals surface area (Å²) >= 11 is 0. The normalized spacial score (nSPS) is 14.0. The predicted molar refractivity (Wildman–Crippen MR) is 139 cm³/mol. The molecule has 1 aliphatic rings. The lowest BCUT2D eigenvalue weighted by atomic mass is 10.1. The zero-order chi connectivity index (χ0) is 27.2. The number of ether oxygens (including phenoxy) is 2. The monoisotopic (exact) mass is 515 g/mol. The molecule has 0 fully saturated rings. The summed E-state index contributed by atoms with van der Waals surface area (Å²) in [5, 5.41) is 4.98. The van der Waals surface area contributed by atoms with Gasteiger partial charge in [-0.25, -0.2) is 4.79 Å². The maximum absolute atomic E-state index is 13.4. The smallest absolute Gasteiger partial charge is 0.340 e. The number of hydrogen-bond acceptors (Lipinski definition) is 7. The van der Waals surface area contributed by atoms with Crippen LogP contribution in [0, 0.1) is 0 Å². The van der Waals surface area contributed by atoms with Crippen molar-refractivity contribution in [3.63, 3.8) is 0 Å². The van der Waals surface area contributed by atoms with Gasteiger partial charge in [-0.2, -0.15) is 0 Å². The van der Waals surface area contributed by atoms with Gasteiger partial charge in [-0.05, 0) is 49.4 Å². The van der Waals surface area contributed by atoms with Gasteiger partial charge in [0.1, 0.15) is 17.3 Å². The number of carbonyl (C=O) groups excluding carboxylic acids is 4. The van der Waals surface area contributed by atoms with Crippen molar-refractivity contribution in [3.8, 4) is 5.75 Å². The second-order valence-electron chi connectivity index (χ2n) is 8.16. The number of carbonyl (C=O) groups is 4. The summed E-state index contributed by atoms with van der Waals surface area (Å²) in [7, 11) is 2.76. The van der Waals surface area contributed by atoms with E-state index in [2.05, 4.69) is 10.6 Å². The van der Waals surface area contributed by atoms with Crippen LogP contribution in [0.15, 0.2) is 88.0 Å². The minimum Gasteiger partial charge on any atom is -0.497 e. The fraction of sp³-hybridized carbons (Fsp3) is 0.143. The molecule has 38 heavy (non-hydrogen) atoms. The fourth-order valence-electron chi connectivity index (χ4n) is 3.91. The molecule has 3 aromatic rings. The van der Waals surface area contributed by atoms with Gasteiger partial charge in [-0.15, -0.1) is 0 Å². The van der Waals surface area contributed by atoms with Crippen LogP contribution in [-0.4, -0.2) is 37.9 Å². The van der Waals surface area contributed by atoms with Crippen molar-refractivity contribution in [1.29, 1.82) is 0 Å². The topological polar surface area (TPSA) is 127 Å². The van der Waals surface area contributed by atoms with E-state index in [1.807, 2.05) is 0 Å². The van der Waals surface area contributed by atoms with Crippen molar-refractivity contribution in [1.82, 2.24) is 5.32 Å². The number of anilines is 2. The molecule has 0 saturated heterocycles. The maximum atomic E-state index is 13.4. The maximum Gasteiger partial charge on any atom is 0.340 e. The van der Waals surface area contributed by atoms with E-state index in [9.17, 15) is 19.2 Å². The van der Waals surface area contributed by atoms with E-state index in [1.165, 1.54) is 25.2 Å². The van der Waals surface area contributed by atoms with E-state index >= 15 is 0 Å². The Morgan fingerprint density at radius 3 is 2.45 bits per heavy atom. The Bertz CT molecular complexity index is 1450. The van der Waals surface area contributed by atoms with Crippen LogP contribution < -0.4 is 20.3 Å². The van der Waals surface area contributed by atoms with E-state index in [-0.39, 0.29) is 23.5 Å². The number of para-hydroxylation sites is 1. The third-order valence-electron chi connectivity index (χ3n) is 5.73. The molecule has 0 unspecified atom stereocenters. The lowest BCUT2D eigenvalue weighted by Gasteiger charge is -2.18. The van der Waals surface area contributed by atoms with E-state index < -0.39 is 23.7 Å². The Kier molecular flexibility index (Phi) is 7.72. The number of allylic oxidation sites excluding steroid dienone is 1. The standard InChI is InChI=1S/C28H25N3O7/c1-17-24(28(35)37-3)23(27(34)31(17)19-10-7-11-20(14-19)36-2)15-21-12-13-22(38-21)16-29-25(32)26(33)30-18-8-5-4-6-9-18/h4-15H,16H2,1-3H3,(H,29,32)(H,30,33)/b23-15+. The average Bonchev–Trinajstić information content (AvgIpc) is 3.48. The first-order valence-corrected chi connectivity index (χ1v) is 11.5. The second-order valence-corrected chi connectivity index (χ2v) is 8.16. The molecule has 2 N–H and O–H groups in total. The van der Waals surface area contributed by atoms with Gasteiger partial charge in [-0.3, -0.25) is 19.3 Å². The van der Waals surface area contributed by atoms with Gasteiger partial charge in [0.05, 0.1) is 37.6 Å². The summed E-state index contributed by atoms with van der Waals surface area (Å²) in [6.45, 7) is 1.58. The van der Waals surface area contributed by atoms with Crippen LogP contribution in [-0.2, 0) is 30.5 Å². The molecule has 10 heteroatoms. The largest absolute Gasteiger partial charge is 0.497 e.